The Morgan fingerprint density at radius 1 is 1.35 bits per heavy atom. The standard InChI is InChI=1S/C13H12N2O2/c1-8-4-12-11(13(16)17-3)5-10(6-14)15(12)7-9(8)2/h4-5,7H,1-3H3. The minimum atomic E-state index is -0.424. The van der Waals surface area contributed by atoms with Crippen molar-refractivity contribution >= 4 is 11.5 Å². The van der Waals surface area contributed by atoms with Gasteiger partial charge in [-0.2, -0.15) is 5.26 Å². The van der Waals surface area contributed by atoms with E-state index in [-0.39, 0.29) is 0 Å². The highest BCUT2D eigenvalue weighted by molar-refractivity contribution is 5.98. The molecule has 0 atom stereocenters. The van der Waals surface area contributed by atoms with Crippen molar-refractivity contribution in [1.82, 2.24) is 4.40 Å². The normalized spacial score (nSPS) is 10.2. The van der Waals surface area contributed by atoms with Gasteiger partial charge in [0.15, 0.2) is 0 Å². The lowest BCUT2D eigenvalue weighted by Crippen LogP contribution is -2.00. The Morgan fingerprint density at radius 2 is 2.06 bits per heavy atom. The highest BCUT2D eigenvalue weighted by Gasteiger charge is 2.16. The van der Waals surface area contributed by atoms with Gasteiger partial charge < -0.3 is 9.14 Å². The Labute approximate surface area is 99.0 Å². The van der Waals surface area contributed by atoms with Gasteiger partial charge >= 0.3 is 5.97 Å². The van der Waals surface area contributed by atoms with Crippen LogP contribution in [0, 0.1) is 25.2 Å². The maximum absolute atomic E-state index is 11.6. The maximum atomic E-state index is 11.6. The van der Waals surface area contributed by atoms with E-state index in [2.05, 4.69) is 6.07 Å². The van der Waals surface area contributed by atoms with E-state index in [1.807, 2.05) is 26.1 Å². The summed E-state index contributed by atoms with van der Waals surface area (Å²) in [5, 5.41) is 9.04. The Balaban J connectivity index is 2.84. The van der Waals surface area contributed by atoms with E-state index in [1.54, 1.807) is 10.5 Å². The monoisotopic (exact) mass is 228 g/mol. The highest BCUT2D eigenvalue weighted by atomic mass is 16.5. The van der Waals surface area contributed by atoms with Crippen molar-refractivity contribution in [3.05, 3.63) is 40.7 Å². The van der Waals surface area contributed by atoms with Gasteiger partial charge in [-0.1, -0.05) is 0 Å². The van der Waals surface area contributed by atoms with Crippen LogP contribution in [0.5, 0.6) is 0 Å². The van der Waals surface area contributed by atoms with Crippen molar-refractivity contribution in [3.63, 3.8) is 0 Å². The summed E-state index contributed by atoms with van der Waals surface area (Å²) in [7, 11) is 1.33. The Kier molecular flexibility index (Phi) is 2.60. The summed E-state index contributed by atoms with van der Waals surface area (Å²) >= 11 is 0. The molecule has 0 amide bonds. The molecule has 0 saturated heterocycles. The van der Waals surface area contributed by atoms with Crippen LogP contribution in [0.1, 0.15) is 27.2 Å². The number of nitriles is 1. The number of carbonyl (C=O) groups is 1. The summed E-state index contributed by atoms with van der Waals surface area (Å²) in [6.45, 7) is 3.93. The van der Waals surface area contributed by atoms with Gasteiger partial charge in [-0.05, 0) is 37.1 Å². The third kappa shape index (κ3) is 1.66. The van der Waals surface area contributed by atoms with Crippen LogP contribution < -0.4 is 0 Å². The molecule has 4 nitrogen and oxygen atoms in total. The molecule has 2 aromatic rings. The molecule has 0 aliphatic carbocycles. The second-order valence-electron chi connectivity index (χ2n) is 3.94. The van der Waals surface area contributed by atoms with Crippen LogP contribution in [-0.2, 0) is 4.74 Å². The van der Waals surface area contributed by atoms with Crippen molar-refractivity contribution in [2.24, 2.45) is 0 Å². The van der Waals surface area contributed by atoms with E-state index in [0.717, 1.165) is 11.1 Å². The molecule has 2 heterocycles. The number of aryl methyl sites for hydroxylation is 2. The number of ether oxygens (including phenoxy) is 1. The Hall–Kier alpha value is -2.28. The van der Waals surface area contributed by atoms with Gasteiger partial charge in [0.25, 0.3) is 0 Å². The molecule has 17 heavy (non-hydrogen) atoms. The SMILES string of the molecule is COC(=O)c1cc(C#N)n2cc(C)c(C)cc12. The first-order chi connectivity index (χ1) is 8.08. The smallest absolute Gasteiger partial charge is 0.340 e. The zero-order valence-electron chi connectivity index (χ0n) is 9.94. The molecule has 0 unspecified atom stereocenters. The minimum absolute atomic E-state index is 0.423. The molecular formula is C13H12N2O2. The number of esters is 1. The topological polar surface area (TPSA) is 54.5 Å². The molecule has 0 N–H and O–H groups in total. The lowest BCUT2D eigenvalue weighted by Gasteiger charge is -2.04. The molecule has 0 aliphatic heterocycles. The number of hydrogen-bond acceptors (Lipinski definition) is 3. The van der Waals surface area contributed by atoms with Crippen molar-refractivity contribution in [3.8, 4) is 6.07 Å². The summed E-state index contributed by atoms with van der Waals surface area (Å²) in [6, 6.07) is 5.52. The third-order valence-corrected chi connectivity index (χ3v) is 2.89. The molecule has 0 fully saturated rings. The molecule has 2 aromatic heterocycles. The van der Waals surface area contributed by atoms with Crippen molar-refractivity contribution in [2.45, 2.75) is 13.8 Å². The van der Waals surface area contributed by atoms with Gasteiger partial charge in [0.2, 0.25) is 0 Å². The number of fused-ring (bicyclic) bond motifs is 1. The van der Waals surface area contributed by atoms with Crippen LogP contribution in [0.3, 0.4) is 0 Å². The van der Waals surface area contributed by atoms with Crippen molar-refractivity contribution in [1.29, 1.82) is 5.26 Å². The first kappa shape index (κ1) is 11.2. The number of methoxy groups -OCH3 is 1. The molecule has 2 rings (SSSR count). The summed E-state index contributed by atoms with van der Waals surface area (Å²) in [5.41, 5.74) is 3.71. The summed E-state index contributed by atoms with van der Waals surface area (Å²) in [6.07, 6.45) is 1.86. The van der Waals surface area contributed by atoms with E-state index < -0.39 is 5.97 Å². The number of carbonyl (C=O) groups excluding carboxylic acids is 1. The minimum Gasteiger partial charge on any atom is -0.465 e. The second-order valence-corrected chi connectivity index (χ2v) is 3.94. The number of hydrogen-bond donors (Lipinski definition) is 0. The predicted octanol–water partition coefficient (Wildman–Crippen LogP) is 2.21. The highest BCUT2D eigenvalue weighted by Crippen LogP contribution is 2.21. The molecule has 0 saturated carbocycles. The summed E-state index contributed by atoms with van der Waals surface area (Å²) in [5.74, 6) is -0.424. The maximum Gasteiger partial charge on any atom is 0.340 e. The predicted molar refractivity (Wildman–Crippen MR) is 62.9 cm³/mol. The van der Waals surface area contributed by atoms with E-state index in [0.29, 0.717) is 16.8 Å². The number of rotatable bonds is 1. The summed E-state index contributed by atoms with van der Waals surface area (Å²) < 4.78 is 6.43. The molecule has 0 aliphatic rings. The average molecular weight is 228 g/mol. The molecule has 4 heteroatoms. The van der Waals surface area contributed by atoms with Gasteiger partial charge in [-0.15, -0.1) is 0 Å². The average Bonchev–Trinajstić information content (AvgIpc) is 2.67. The lowest BCUT2D eigenvalue weighted by atomic mass is 10.1. The van der Waals surface area contributed by atoms with Crippen molar-refractivity contribution < 1.29 is 9.53 Å². The van der Waals surface area contributed by atoms with Gasteiger partial charge in [0, 0.05) is 6.20 Å². The van der Waals surface area contributed by atoms with E-state index >= 15 is 0 Å². The van der Waals surface area contributed by atoms with Crippen molar-refractivity contribution in [2.75, 3.05) is 7.11 Å². The fourth-order valence-corrected chi connectivity index (χ4v) is 1.80. The molecule has 0 radical (unpaired) electrons. The van der Waals surface area contributed by atoms with Gasteiger partial charge in [0.05, 0.1) is 18.2 Å². The fraction of sp³-hybridized carbons (Fsp3) is 0.231. The number of aromatic nitrogens is 1. The lowest BCUT2D eigenvalue weighted by molar-refractivity contribution is 0.0603. The first-order valence-corrected chi connectivity index (χ1v) is 5.19. The van der Waals surface area contributed by atoms with E-state index in [1.165, 1.54) is 7.11 Å². The quantitative estimate of drug-likeness (QED) is 0.703. The second kappa shape index (κ2) is 3.95. The molecule has 0 bridgehead atoms. The van der Waals surface area contributed by atoms with Crippen LogP contribution in [0.25, 0.3) is 5.52 Å². The molecule has 0 spiro atoms. The van der Waals surface area contributed by atoms with Crippen LogP contribution in [0.2, 0.25) is 0 Å². The molecule has 86 valence electrons. The zero-order chi connectivity index (χ0) is 12.6. The number of nitrogens with zero attached hydrogens (tertiary/aromatic N) is 2. The van der Waals surface area contributed by atoms with E-state index in [4.69, 9.17) is 10.00 Å². The first-order valence-electron chi connectivity index (χ1n) is 5.19. The molecule has 0 aromatic carbocycles. The van der Waals surface area contributed by atoms with E-state index in [9.17, 15) is 4.79 Å². The van der Waals surface area contributed by atoms with Crippen LogP contribution in [-0.4, -0.2) is 17.5 Å². The number of pyridine rings is 1. The Bertz CT molecular complexity index is 647. The fourth-order valence-electron chi connectivity index (χ4n) is 1.80. The Morgan fingerprint density at radius 3 is 2.65 bits per heavy atom. The zero-order valence-corrected chi connectivity index (χ0v) is 9.94. The van der Waals surface area contributed by atoms with Gasteiger partial charge in [0.1, 0.15) is 11.8 Å². The van der Waals surface area contributed by atoms with Crippen LogP contribution >= 0.6 is 0 Å². The van der Waals surface area contributed by atoms with Gasteiger partial charge in [-0.25, -0.2) is 4.79 Å². The van der Waals surface area contributed by atoms with Crippen LogP contribution in [0.15, 0.2) is 18.3 Å². The third-order valence-electron chi connectivity index (χ3n) is 2.89. The summed E-state index contributed by atoms with van der Waals surface area (Å²) in [4.78, 5) is 11.6. The molecular weight excluding hydrogens is 216 g/mol. The van der Waals surface area contributed by atoms with Gasteiger partial charge in [-0.3, -0.25) is 0 Å². The van der Waals surface area contributed by atoms with Crippen LogP contribution in [0.4, 0.5) is 0 Å². The largest absolute Gasteiger partial charge is 0.465 e.